The fourth-order valence-electron chi connectivity index (χ4n) is 6.11. The van der Waals surface area contributed by atoms with Gasteiger partial charge in [0.15, 0.2) is 11.5 Å². The zero-order valence-electron chi connectivity index (χ0n) is 29.8. The summed E-state index contributed by atoms with van der Waals surface area (Å²) in [7, 11) is 0. The van der Waals surface area contributed by atoms with Gasteiger partial charge in [-0.25, -0.2) is 4.79 Å². The van der Waals surface area contributed by atoms with Gasteiger partial charge in [0.2, 0.25) is 0 Å². The molecule has 0 saturated carbocycles. The summed E-state index contributed by atoms with van der Waals surface area (Å²) in [6.45, 7) is 9.35. The van der Waals surface area contributed by atoms with E-state index in [1.807, 2.05) is 55.5 Å². The summed E-state index contributed by atoms with van der Waals surface area (Å²) in [5, 5.41) is 28.8. The third-order valence-corrected chi connectivity index (χ3v) is 8.90. The van der Waals surface area contributed by atoms with E-state index in [2.05, 4.69) is 38.0 Å². The van der Waals surface area contributed by atoms with Crippen molar-refractivity contribution < 1.29 is 28.5 Å². The molecule has 1 saturated heterocycles. The van der Waals surface area contributed by atoms with Gasteiger partial charge in [-0.3, -0.25) is 9.88 Å². The van der Waals surface area contributed by atoms with Crippen LogP contribution in [0.5, 0.6) is 23.0 Å². The molecular formula is C40H43N7O6. The number of nitriles is 2. The van der Waals surface area contributed by atoms with Crippen LogP contribution in [-0.2, 0) is 24.5 Å². The maximum atomic E-state index is 12.3. The number of amides is 2. The summed E-state index contributed by atoms with van der Waals surface area (Å²) in [6, 6.07) is 21.3. The number of rotatable bonds is 15. The number of fused-ring (bicyclic) bond motifs is 1. The Hall–Kier alpha value is -5.86. The minimum Gasteiger partial charge on any atom is -0.488 e. The van der Waals surface area contributed by atoms with Crippen LogP contribution >= 0.6 is 0 Å². The molecule has 0 atom stereocenters. The maximum Gasteiger partial charge on any atom is 0.314 e. The first-order chi connectivity index (χ1) is 26.0. The van der Waals surface area contributed by atoms with Crippen LogP contribution in [0, 0.1) is 29.6 Å². The summed E-state index contributed by atoms with van der Waals surface area (Å²) < 4.78 is 29.5. The number of aromatic nitrogens is 1. The molecule has 3 N–H and O–H groups in total. The topological polar surface area (TPSA) is 163 Å². The molecule has 274 valence electrons. The summed E-state index contributed by atoms with van der Waals surface area (Å²) in [5.41, 5.74) is 5.88. The Morgan fingerprint density at radius 2 is 1.66 bits per heavy atom. The molecule has 13 nitrogen and oxygen atoms in total. The van der Waals surface area contributed by atoms with Crippen molar-refractivity contribution in [3.63, 3.8) is 0 Å². The number of carbonyl (C=O) groups is 1. The Morgan fingerprint density at radius 1 is 0.849 bits per heavy atom. The van der Waals surface area contributed by atoms with Crippen molar-refractivity contribution in [2.24, 2.45) is 0 Å². The van der Waals surface area contributed by atoms with Gasteiger partial charge < -0.3 is 39.6 Å². The van der Waals surface area contributed by atoms with Crippen LogP contribution in [0.1, 0.15) is 33.4 Å². The third kappa shape index (κ3) is 10.1. The van der Waals surface area contributed by atoms with Crippen LogP contribution in [0.4, 0.5) is 4.79 Å². The molecule has 13 heteroatoms. The van der Waals surface area contributed by atoms with Gasteiger partial charge in [-0.1, -0.05) is 24.3 Å². The van der Waals surface area contributed by atoms with Gasteiger partial charge in [-0.05, 0) is 47.9 Å². The van der Waals surface area contributed by atoms with E-state index < -0.39 is 0 Å². The number of carbonyl (C=O) groups excluding carboxylic acids is 1. The molecule has 0 aliphatic carbocycles. The minimum absolute atomic E-state index is 0.160. The van der Waals surface area contributed by atoms with Crippen molar-refractivity contribution in [3.05, 3.63) is 100 Å². The fraction of sp³-hybridized carbons (Fsp3) is 0.350. The lowest BCUT2D eigenvalue weighted by atomic mass is 9.96. The highest BCUT2D eigenvalue weighted by Crippen LogP contribution is 2.37. The molecule has 6 rings (SSSR count). The molecule has 1 aromatic heterocycles. The lowest BCUT2D eigenvalue weighted by Crippen LogP contribution is -2.44. The molecule has 53 heavy (non-hydrogen) atoms. The highest BCUT2D eigenvalue weighted by Gasteiger charge is 2.17. The quantitative estimate of drug-likeness (QED) is 0.149. The molecule has 2 aliphatic heterocycles. The lowest BCUT2D eigenvalue weighted by Gasteiger charge is -2.26. The molecular weight excluding hydrogens is 674 g/mol. The highest BCUT2D eigenvalue weighted by atomic mass is 16.6. The monoisotopic (exact) mass is 717 g/mol. The predicted octanol–water partition coefficient (Wildman–Crippen LogP) is 4.45. The van der Waals surface area contributed by atoms with Crippen molar-refractivity contribution in [1.29, 1.82) is 10.5 Å². The molecule has 2 amide bonds. The zero-order valence-corrected chi connectivity index (χ0v) is 29.8. The van der Waals surface area contributed by atoms with Crippen molar-refractivity contribution in [3.8, 4) is 46.3 Å². The number of morpholine rings is 1. The Morgan fingerprint density at radius 3 is 2.49 bits per heavy atom. The first-order valence-electron chi connectivity index (χ1n) is 17.7. The summed E-state index contributed by atoms with van der Waals surface area (Å²) in [6.07, 6.45) is 3.17. The highest BCUT2D eigenvalue weighted by molar-refractivity contribution is 5.74. The van der Waals surface area contributed by atoms with Crippen LogP contribution in [-0.4, -0.2) is 81.6 Å². The number of urea groups is 1. The fourth-order valence-corrected chi connectivity index (χ4v) is 6.11. The molecule has 0 unspecified atom stereocenters. The van der Waals surface area contributed by atoms with Gasteiger partial charge >= 0.3 is 6.03 Å². The molecule has 0 spiro atoms. The average molecular weight is 718 g/mol. The number of hydrogen-bond donors (Lipinski definition) is 3. The number of nitrogens with zero attached hydrogens (tertiary/aromatic N) is 4. The molecule has 2 aliphatic rings. The van der Waals surface area contributed by atoms with Gasteiger partial charge in [-0.15, -0.1) is 0 Å². The van der Waals surface area contributed by atoms with Crippen LogP contribution in [0.2, 0.25) is 0 Å². The van der Waals surface area contributed by atoms with E-state index in [-0.39, 0.29) is 19.2 Å². The maximum absolute atomic E-state index is 12.3. The molecule has 3 aromatic carbocycles. The van der Waals surface area contributed by atoms with Crippen LogP contribution in [0.15, 0.2) is 67.0 Å². The van der Waals surface area contributed by atoms with E-state index in [1.54, 1.807) is 12.3 Å². The first-order valence-corrected chi connectivity index (χ1v) is 17.7. The summed E-state index contributed by atoms with van der Waals surface area (Å²) in [4.78, 5) is 18.7. The molecule has 0 radical (unpaired) electrons. The van der Waals surface area contributed by atoms with Crippen molar-refractivity contribution >= 4 is 6.03 Å². The summed E-state index contributed by atoms with van der Waals surface area (Å²) in [5.74, 6) is 2.55. The van der Waals surface area contributed by atoms with E-state index in [0.717, 1.165) is 66.2 Å². The zero-order chi connectivity index (χ0) is 36.8. The number of benzene rings is 3. The molecule has 4 aromatic rings. The van der Waals surface area contributed by atoms with Crippen molar-refractivity contribution in [2.45, 2.75) is 26.7 Å². The van der Waals surface area contributed by atoms with Gasteiger partial charge in [0.1, 0.15) is 50.1 Å². The number of hydrogen-bond acceptors (Lipinski definition) is 11. The second kappa shape index (κ2) is 18.6. The first kappa shape index (κ1) is 36.9. The van der Waals surface area contributed by atoms with Gasteiger partial charge in [0.25, 0.3) is 0 Å². The van der Waals surface area contributed by atoms with Crippen molar-refractivity contribution in [2.75, 3.05) is 65.7 Å². The van der Waals surface area contributed by atoms with Crippen LogP contribution in [0.25, 0.3) is 11.1 Å². The van der Waals surface area contributed by atoms with E-state index >= 15 is 0 Å². The average Bonchev–Trinajstić information content (AvgIpc) is 3.20. The Bertz CT molecular complexity index is 1970. The third-order valence-electron chi connectivity index (χ3n) is 8.90. The van der Waals surface area contributed by atoms with Gasteiger partial charge in [-0.2, -0.15) is 10.5 Å². The van der Waals surface area contributed by atoms with Gasteiger partial charge in [0.05, 0.1) is 24.3 Å². The second-order valence-corrected chi connectivity index (χ2v) is 12.6. The SMILES string of the molecule is Cc1cc(CNCCNC(=O)NCCN2CCOCC2)c(OCc2cncc(C#N)c2)cc1OCc1cccc(-c2ccc3c(c2)OCCO3)c1C#N. The van der Waals surface area contributed by atoms with Crippen LogP contribution in [0.3, 0.4) is 0 Å². The number of pyridine rings is 1. The van der Waals surface area contributed by atoms with E-state index in [9.17, 15) is 15.3 Å². The number of ether oxygens (including phenoxy) is 5. The standard InChI is InChI=1S/C40H43N7O6/c1-28-17-33(25-43-7-8-45-40(48)46-9-10-47-11-13-49-14-12-47)38(52-26-30-18-29(21-41)23-44-24-30)20-37(28)53-27-32-3-2-4-34(35(32)22-42)31-5-6-36-39(19-31)51-16-15-50-36/h2-6,17-20,23-24,43H,7-16,25-27H2,1H3,(H2,45,46,48). The largest absolute Gasteiger partial charge is 0.488 e. The van der Waals surface area contributed by atoms with Crippen LogP contribution < -0.4 is 34.9 Å². The second-order valence-electron chi connectivity index (χ2n) is 12.6. The Labute approximate surface area is 309 Å². The van der Waals surface area contributed by atoms with E-state index in [0.29, 0.717) is 73.5 Å². The molecule has 0 bridgehead atoms. The Kier molecular flexibility index (Phi) is 12.9. The molecule has 1 fully saturated rings. The minimum atomic E-state index is -0.203. The number of aryl methyl sites for hydroxylation is 1. The normalized spacial score (nSPS) is 13.7. The predicted molar refractivity (Wildman–Crippen MR) is 197 cm³/mol. The van der Waals surface area contributed by atoms with Gasteiger partial charge in [0, 0.05) is 81.0 Å². The number of nitrogens with one attached hydrogen (secondary N) is 3. The van der Waals surface area contributed by atoms with E-state index in [4.69, 9.17) is 23.7 Å². The molecule has 3 heterocycles. The van der Waals surface area contributed by atoms with Crippen molar-refractivity contribution in [1.82, 2.24) is 25.8 Å². The smallest absolute Gasteiger partial charge is 0.314 e. The Balaban J connectivity index is 1.10. The van der Waals surface area contributed by atoms with E-state index in [1.165, 1.54) is 6.20 Å². The lowest BCUT2D eigenvalue weighted by molar-refractivity contribution is 0.0387. The summed E-state index contributed by atoms with van der Waals surface area (Å²) >= 11 is 0.